The molecule has 1 amide bonds. The van der Waals surface area contributed by atoms with Crippen LogP contribution in [0.15, 0.2) is 83.8 Å². The largest absolute Gasteiger partial charge is 0.325 e. The summed E-state index contributed by atoms with van der Waals surface area (Å²) < 4.78 is 0. The molecule has 1 heterocycles. The Balaban J connectivity index is 1.47. The zero-order chi connectivity index (χ0) is 19.3. The molecule has 0 aromatic heterocycles. The number of benzene rings is 3. The Morgan fingerprint density at radius 2 is 1.61 bits per heavy atom. The molecule has 1 N–H and O–H groups in total. The van der Waals surface area contributed by atoms with Crippen LogP contribution in [0.25, 0.3) is 0 Å². The lowest BCUT2D eigenvalue weighted by molar-refractivity contribution is -0.118. The van der Waals surface area contributed by atoms with Gasteiger partial charge in [0, 0.05) is 21.9 Å². The predicted molar refractivity (Wildman–Crippen MR) is 114 cm³/mol. The van der Waals surface area contributed by atoms with E-state index in [9.17, 15) is 9.59 Å². The Morgan fingerprint density at radius 1 is 0.893 bits per heavy atom. The molecule has 3 aromatic rings. The van der Waals surface area contributed by atoms with Crippen molar-refractivity contribution in [2.45, 2.75) is 17.7 Å². The smallest absolute Gasteiger partial charge is 0.236 e. The number of amides is 1. The van der Waals surface area contributed by atoms with Gasteiger partial charge in [0.15, 0.2) is 5.78 Å². The first kappa shape index (κ1) is 18.5. The van der Waals surface area contributed by atoms with Crippen molar-refractivity contribution in [2.24, 2.45) is 5.92 Å². The van der Waals surface area contributed by atoms with Gasteiger partial charge in [0.25, 0.3) is 0 Å². The van der Waals surface area contributed by atoms with Gasteiger partial charge in [-0.25, -0.2) is 0 Å². The van der Waals surface area contributed by atoms with Gasteiger partial charge in [-0.1, -0.05) is 66.7 Å². The van der Waals surface area contributed by atoms with E-state index in [2.05, 4.69) is 17.4 Å². The molecule has 0 fully saturated rings. The van der Waals surface area contributed by atoms with Gasteiger partial charge in [0.05, 0.1) is 0 Å². The molecule has 1 atom stereocenters. The molecule has 4 heteroatoms. The summed E-state index contributed by atoms with van der Waals surface area (Å²) in [5, 5.41) is 3.00. The molecule has 0 spiro atoms. The molecule has 0 bridgehead atoms. The number of carbonyl (C=O) groups is 2. The van der Waals surface area contributed by atoms with E-state index in [1.165, 1.54) is 5.56 Å². The normalized spacial score (nSPS) is 15.7. The van der Waals surface area contributed by atoms with Crippen LogP contribution in [0, 0.1) is 5.92 Å². The predicted octanol–water partition coefficient (Wildman–Crippen LogP) is 5.02. The lowest BCUT2D eigenvalue weighted by atomic mass is 9.97. The molecule has 0 aliphatic carbocycles. The number of fused-ring (bicyclic) bond motifs is 1. The number of rotatable bonds is 5. The van der Waals surface area contributed by atoms with Crippen LogP contribution in [0.1, 0.15) is 21.5 Å². The fourth-order valence-electron chi connectivity index (χ4n) is 3.43. The molecule has 0 saturated heterocycles. The van der Waals surface area contributed by atoms with Gasteiger partial charge in [-0.2, -0.15) is 0 Å². The van der Waals surface area contributed by atoms with Gasteiger partial charge in [-0.15, -0.1) is 11.8 Å². The van der Waals surface area contributed by atoms with Gasteiger partial charge in [-0.05, 0) is 36.1 Å². The second kappa shape index (κ2) is 8.44. The number of anilines is 1. The number of hydrogen-bond acceptors (Lipinski definition) is 3. The van der Waals surface area contributed by atoms with Crippen molar-refractivity contribution in [3.05, 3.63) is 95.6 Å². The third kappa shape index (κ3) is 4.02. The maximum atomic E-state index is 12.9. The maximum Gasteiger partial charge on any atom is 0.236 e. The van der Waals surface area contributed by atoms with Gasteiger partial charge < -0.3 is 5.32 Å². The van der Waals surface area contributed by atoms with Crippen LogP contribution in [0.2, 0.25) is 0 Å². The lowest BCUT2D eigenvalue weighted by Gasteiger charge is -2.22. The standard InChI is InChI=1S/C24H21NO2S/c26-23-19-11-5-7-13-22(19)28-16-20(23)24(27)25-21-12-6-4-10-18(21)15-14-17-8-2-1-3-9-17/h1-13,20H,14-16H2,(H,25,27). The van der Waals surface area contributed by atoms with E-state index in [0.717, 1.165) is 29.0 Å². The van der Waals surface area contributed by atoms with Crippen molar-refractivity contribution < 1.29 is 9.59 Å². The van der Waals surface area contributed by atoms with E-state index in [-0.39, 0.29) is 11.7 Å². The number of nitrogens with one attached hydrogen (secondary N) is 1. The van der Waals surface area contributed by atoms with Gasteiger partial charge in [-0.3, -0.25) is 9.59 Å². The maximum absolute atomic E-state index is 12.9. The number of thioether (sulfide) groups is 1. The minimum absolute atomic E-state index is 0.0892. The van der Waals surface area contributed by atoms with E-state index in [0.29, 0.717) is 11.3 Å². The number of Topliss-reactive ketones (excluding diaryl/α,β-unsaturated/α-hetero) is 1. The summed E-state index contributed by atoms with van der Waals surface area (Å²) in [6, 6.07) is 25.6. The average Bonchev–Trinajstić information content (AvgIpc) is 2.74. The molecule has 4 rings (SSSR count). The molecule has 1 unspecified atom stereocenters. The van der Waals surface area contributed by atoms with E-state index >= 15 is 0 Å². The number of hydrogen-bond donors (Lipinski definition) is 1. The molecule has 0 radical (unpaired) electrons. The molecule has 1 aliphatic heterocycles. The fraction of sp³-hybridized carbons (Fsp3) is 0.167. The first-order valence-electron chi connectivity index (χ1n) is 9.41. The van der Waals surface area contributed by atoms with E-state index in [1.807, 2.05) is 60.7 Å². The van der Waals surface area contributed by atoms with Crippen LogP contribution in [0.3, 0.4) is 0 Å². The summed E-state index contributed by atoms with van der Waals surface area (Å²) in [6.45, 7) is 0. The van der Waals surface area contributed by atoms with Crippen molar-refractivity contribution in [3.63, 3.8) is 0 Å². The summed E-state index contributed by atoms with van der Waals surface area (Å²) in [4.78, 5) is 26.6. The zero-order valence-corrected chi connectivity index (χ0v) is 16.2. The summed E-state index contributed by atoms with van der Waals surface area (Å²) in [6.07, 6.45) is 1.73. The van der Waals surface area contributed by atoms with Crippen LogP contribution < -0.4 is 5.32 Å². The Labute approximate surface area is 169 Å². The second-order valence-corrected chi connectivity index (χ2v) is 7.92. The number of aryl methyl sites for hydroxylation is 2. The van der Waals surface area contributed by atoms with Crippen molar-refractivity contribution in [1.82, 2.24) is 0 Å². The monoisotopic (exact) mass is 387 g/mol. The molecule has 3 aromatic carbocycles. The number of carbonyl (C=O) groups excluding carboxylic acids is 2. The second-order valence-electron chi connectivity index (χ2n) is 6.86. The summed E-state index contributed by atoms with van der Waals surface area (Å²) in [5.41, 5.74) is 3.78. The highest BCUT2D eigenvalue weighted by Crippen LogP contribution is 2.33. The number of para-hydroxylation sites is 1. The molecular weight excluding hydrogens is 366 g/mol. The average molecular weight is 388 g/mol. The lowest BCUT2D eigenvalue weighted by Crippen LogP contribution is -2.34. The van der Waals surface area contributed by atoms with Crippen LogP contribution in [0.4, 0.5) is 5.69 Å². The Morgan fingerprint density at radius 3 is 2.46 bits per heavy atom. The zero-order valence-electron chi connectivity index (χ0n) is 15.4. The summed E-state index contributed by atoms with van der Waals surface area (Å²) in [5.74, 6) is -0.483. The van der Waals surface area contributed by atoms with Crippen molar-refractivity contribution in [2.75, 3.05) is 11.1 Å². The van der Waals surface area contributed by atoms with Crippen LogP contribution >= 0.6 is 11.8 Å². The number of ketones is 1. The Bertz CT molecular complexity index is 1000. The molecule has 140 valence electrons. The van der Waals surface area contributed by atoms with E-state index in [1.54, 1.807) is 17.8 Å². The highest BCUT2D eigenvalue weighted by molar-refractivity contribution is 7.99. The van der Waals surface area contributed by atoms with E-state index in [4.69, 9.17) is 0 Å². The minimum atomic E-state index is -0.651. The van der Waals surface area contributed by atoms with Gasteiger partial charge in [0.2, 0.25) is 5.91 Å². The van der Waals surface area contributed by atoms with Crippen molar-refractivity contribution in [3.8, 4) is 0 Å². The SMILES string of the molecule is O=C(Nc1ccccc1CCc1ccccc1)C1CSc2ccccc2C1=O. The molecule has 28 heavy (non-hydrogen) atoms. The van der Waals surface area contributed by atoms with Crippen LogP contribution in [-0.2, 0) is 17.6 Å². The molecule has 0 saturated carbocycles. The van der Waals surface area contributed by atoms with Crippen LogP contribution in [-0.4, -0.2) is 17.4 Å². The first-order valence-corrected chi connectivity index (χ1v) is 10.4. The Kier molecular flexibility index (Phi) is 5.58. The van der Waals surface area contributed by atoms with Crippen molar-refractivity contribution >= 4 is 29.1 Å². The first-order chi connectivity index (χ1) is 13.7. The van der Waals surface area contributed by atoms with Gasteiger partial charge >= 0.3 is 0 Å². The fourth-order valence-corrected chi connectivity index (χ4v) is 4.58. The Hall–Kier alpha value is -2.85. The topological polar surface area (TPSA) is 46.2 Å². The van der Waals surface area contributed by atoms with E-state index < -0.39 is 5.92 Å². The quantitative estimate of drug-likeness (QED) is 0.626. The molecular formula is C24H21NO2S. The minimum Gasteiger partial charge on any atom is -0.325 e. The highest BCUT2D eigenvalue weighted by Gasteiger charge is 2.33. The van der Waals surface area contributed by atoms with Gasteiger partial charge in [0.1, 0.15) is 5.92 Å². The van der Waals surface area contributed by atoms with Crippen molar-refractivity contribution in [1.29, 1.82) is 0 Å². The van der Waals surface area contributed by atoms with Crippen LogP contribution in [0.5, 0.6) is 0 Å². The molecule has 1 aliphatic rings. The third-order valence-corrected chi connectivity index (χ3v) is 6.16. The third-order valence-electron chi connectivity index (χ3n) is 4.99. The summed E-state index contributed by atoms with van der Waals surface area (Å²) >= 11 is 1.57. The molecule has 3 nitrogen and oxygen atoms in total. The highest BCUT2D eigenvalue weighted by atomic mass is 32.2. The summed E-state index contributed by atoms with van der Waals surface area (Å²) in [7, 11) is 0.